The highest BCUT2D eigenvalue weighted by Gasteiger charge is 2.40. The summed E-state index contributed by atoms with van der Waals surface area (Å²) in [6.45, 7) is 6.72. The molecular formula is C16H26N4O3. The van der Waals surface area contributed by atoms with E-state index in [1.165, 1.54) is 0 Å². The zero-order valence-corrected chi connectivity index (χ0v) is 14.0. The molecule has 0 aliphatic carbocycles. The number of nitrogens with zero attached hydrogens (tertiary/aromatic N) is 3. The lowest BCUT2D eigenvalue weighted by atomic mass is 10.0. The first-order chi connectivity index (χ1) is 11.2. The fraction of sp³-hybridized carbons (Fsp3) is 0.750. The lowest BCUT2D eigenvalue weighted by Crippen LogP contribution is -2.45. The molecule has 0 unspecified atom stereocenters. The van der Waals surface area contributed by atoms with Gasteiger partial charge in [0, 0.05) is 52.3 Å². The Morgan fingerprint density at radius 2 is 2.00 bits per heavy atom. The van der Waals surface area contributed by atoms with E-state index >= 15 is 0 Å². The molecule has 128 valence electrons. The van der Waals surface area contributed by atoms with Gasteiger partial charge < -0.3 is 24.4 Å². The van der Waals surface area contributed by atoms with Crippen molar-refractivity contribution < 1.29 is 14.2 Å². The van der Waals surface area contributed by atoms with Crippen LogP contribution >= 0.6 is 0 Å². The van der Waals surface area contributed by atoms with Gasteiger partial charge in [0.2, 0.25) is 0 Å². The molecule has 0 amide bonds. The Bertz CT molecular complexity index is 510. The summed E-state index contributed by atoms with van der Waals surface area (Å²) in [5, 5.41) is 3.34. The predicted octanol–water partition coefficient (Wildman–Crippen LogP) is 1.58. The Kier molecular flexibility index (Phi) is 5.30. The third-order valence-electron chi connectivity index (χ3n) is 4.32. The van der Waals surface area contributed by atoms with Crippen LogP contribution < -0.4 is 10.2 Å². The average molecular weight is 322 g/mol. The van der Waals surface area contributed by atoms with Gasteiger partial charge in [-0.1, -0.05) is 0 Å². The number of piperidine rings is 1. The molecule has 1 spiro atoms. The van der Waals surface area contributed by atoms with Crippen LogP contribution in [-0.4, -0.2) is 62.3 Å². The topological polar surface area (TPSA) is 68.7 Å². The van der Waals surface area contributed by atoms with Gasteiger partial charge >= 0.3 is 0 Å². The zero-order valence-electron chi connectivity index (χ0n) is 14.0. The van der Waals surface area contributed by atoms with Crippen LogP contribution in [0.4, 0.5) is 11.6 Å². The van der Waals surface area contributed by atoms with Crippen molar-refractivity contribution in [2.24, 2.45) is 0 Å². The highest BCUT2D eigenvalue weighted by Crippen LogP contribution is 2.33. The number of anilines is 2. The van der Waals surface area contributed by atoms with Gasteiger partial charge in [-0.25, -0.2) is 9.97 Å². The molecule has 7 nitrogen and oxygen atoms in total. The molecule has 2 aliphatic rings. The standard InChI is InChI=1S/C16H26N4O3/c1-13-18-14(17-6-3-9-21-2)12-15(19-13)20-7-4-16(5-8-20)22-10-11-23-16/h12H,3-11H2,1-2H3,(H,17,18,19). The second-order valence-electron chi connectivity index (χ2n) is 6.03. The molecule has 0 bridgehead atoms. The van der Waals surface area contributed by atoms with Crippen LogP contribution in [0.3, 0.4) is 0 Å². The highest BCUT2D eigenvalue weighted by molar-refractivity contribution is 5.49. The summed E-state index contributed by atoms with van der Waals surface area (Å²) in [7, 11) is 1.72. The van der Waals surface area contributed by atoms with Crippen LogP contribution in [0, 0.1) is 6.92 Å². The highest BCUT2D eigenvalue weighted by atomic mass is 16.7. The van der Waals surface area contributed by atoms with Crippen LogP contribution in [0.1, 0.15) is 25.1 Å². The van der Waals surface area contributed by atoms with E-state index in [0.29, 0.717) is 13.2 Å². The SMILES string of the molecule is COCCCNc1cc(N2CCC3(CC2)OCCO3)nc(C)n1. The van der Waals surface area contributed by atoms with Crippen molar-refractivity contribution in [2.45, 2.75) is 32.0 Å². The average Bonchev–Trinajstić information content (AvgIpc) is 3.00. The maximum Gasteiger partial charge on any atom is 0.171 e. The molecular weight excluding hydrogens is 296 g/mol. The lowest BCUT2D eigenvalue weighted by Gasteiger charge is -2.38. The molecule has 2 aliphatic heterocycles. The van der Waals surface area contributed by atoms with Crippen LogP contribution in [0.2, 0.25) is 0 Å². The van der Waals surface area contributed by atoms with Gasteiger partial charge in [0.15, 0.2) is 5.79 Å². The monoisotopic (exact) mass is 322 g/mol. The van der Waals surface area contributed by atoms with Crippen molar-refractivity contribution in [1.29, 1.82) is 0 Å². The lowest BCUT2D eigenvalue weighted by molar-refractivity contribution is -0.169. The van der Waals surface area contributed by atoms with Gasteiger partial charge in [-0.15, -0.1) is 0 Å². The molecule has 3 rings (SSSR count). The predicted molar refractivity (Wildman–Crippen MR) is 87.8 cm³/mol. The summed E-state index contributed by atoms with van der Waals surface area (Å²) in [4.78, 5) is 11.3. The Hall–Kier alpha value is -1.44. The molecule has 2 fully saturated rings. The molecule has 2 saturated heterocycles. The van der Waals surface area contributed by atoms with E-state index in [1.807, 2.05) is 13.0 Å². The van der Waals surface area contributed by atoms with E-state index in [4.69, 9.17) is 14.2 Å². The number of aryl methyl sites for hydroxylation is 1. The first kappa shape index (κ1) is 16.4. The van der Waals surface area contributed by atoms with E-state index in [-0.39, 0.29) is 5.79 Å². The number of methoxy groups -OCH3 is 1. The number of aromatic nitrogens is 2. The molecule has 3 heterocycles. The second-order valence-corrected chi connectivity index (χ2v) is 6.03. The molecule has 0 saturated carbocycles. The van der Waals surface area contributed by atoms with Gasteiger partial charge in [0.1, 0.15) is 17.5 Å². The third kappa shape index (κ3) is 4.10. The van der Waals surface area contributed by atoms with Crippen molar-refractivity contribution in [2.75, 3.05) is 56.8 Å². The molecule has 1 N–H and O–H groups in total. The summed E-state index contributed by atoms with van der Waals surface area (Å²) >= 11 is 0. The number of hydrogen-bond acceptors (Lipinski definition) is 7. The van der Waals surface area contributed by atoms with E-state index in [0.717, 1.165) is 63.0 Å². The summed E-state index contributed by atoms with van der Waals surface area (Å²) in [5.74, 6) is 2.28. The summed E-state index contributed by atoms with van der Waals surface area (Å²) in [6.07, 6.45) is 2.72. The molecule has 0 aromatic carbocycles. The molecule has 0 atom stereocenters. The summed E-state index contributed by atoms with van der Waals surface area (Å²) in [6, 6.07) is 2.02. The molecule has 23 heavy (non-hydrogen) atoms. The summed E-state index contributed by atoms with van der Waals surface area (Å²) < 4.78 is 16.6. The molecule has 1 aromatic heterocycles. The number of ether oxygens (including phenoxy) is 3. The van der Waals surface area contributed by atoms with Crippen molar-refractivity contribution >= 4 is 11.6 Å². The normalized spacial score (nSPS) is 20.2. The first-order valence-corrected chi connectivity index (χ1v) is 8.32. The van der Waals surface area contributed by atoms with Crippen molar-refractivity contribution in [1.82, 2.24) is 9.97 Å². The smallest absolute Gasteiger partial charge is 0.171 e. The maximum absolute atomic E-state index is 5.78. The molecule has 0 radical (unpaired) electrons. The quantitative estimate of drug-likeness (QED) is 0.797. The fourth-order valence-electron chi connectivity index (χ4n) is 3.10. The van der Waals surface area contributed by atoms with Gasteiger partial charge in [-0.2, -0.15) is 0 Å². The van der Waals surface area contributed by atoms with Crippen molar-refractivity contribution in [3.63, 3.8) is 0 Å². The fourth-order valence-corrected chi connectivity index (χ4v) is 3.10. The number of rotatable bonds is 6. The Morgan fingerprint density at radius 3 is 2.70 bits per heavy atom. The van der Waals surface area contributed by atoms with E-state index in [9.17, 15) is 0 Å². The Balaban J connectivity index is 1.60. The van der Waals surface area contributed by atoms with Crippen LogP contribution in [-0.2, 0) is 14.2 Å². The third-order valence-corrected chi connectivity index (χ3v) is 4.32. The van der Waals surface area contributed by atoms with E-state index in [1.54, 1.807) is 7.11 Å². The second kappa shape index (κ2) is 7.42. The summed E-state index contributed by atoms with van der Waals surface area (Å²) in [5.41, 5.74) is 0. The van der Waals surface area contributed by atoms with Crippen molar-refractivity contribution in [3.05, 3.63) is 11.9 Å². The van der Waals surface area contributed by atoms with Gasteiger partial charge in [-0.3, -0.25) is 0 Å². The molecule has 7 heteroatoms. The van der Waals surface area contributed by atoms with Crippen LogP contribution in [0.5, 0.6) is 0 Å². The van der Waals surface area contributed by atoms with Gasteiger partial charge in [0.05, 0.1) is 13.2 Å². The van der Waals surface area contributed by atoms with Crippen molar-refractivity contribution in [3.8, 4) is 0 Å². The minimum atomic E-state index is -0.347. The zero-order chi connectivity index (χ0) is 16.1. The first-order valence-electron chi connectivity index (χ1n) is 8.32. The van der Waals surface area contributed by atoms with Crippen LogP contribution in [0.15, 0.2) is 6.07 Å². The number of hydrogen-bond donors (Lipinski definition) is 1. The number of nitrogens with one attached hydrogen (secondary N) is 1. The minimum absolute atomic E-state index is 0.347. The van der Waals surface area contributed by atoms with Gasteiger partial charge in [0.25, 0.3) is 0 Å². The maximum atomic E-state index is 5.78. The Morgan fingerprint density at radius 1 is 1.26 bits per heavy atom. The van der Waals surface area contributed by atoms with E-state index < -0.39 is 0 Å². The Labute approximate surface area is 137 Å². The molecule has 1 aromatic rings. The van der Waals surface area contributed by atoms with E-state index in [2.05, 4.69) is 20.2 Å². The largest absolute Gasteiger partial charge is 0.385 e. The van der Waals surface area contributed by atoms with Gasteiger partial charge in [-0.05, 0) is 13.3 Å². The van der Waals surface area contributed by atoms with Crippen LogP contribution in [0.25, 0.3) is 0 Å². The minimum Gasteiger partial charge on any atom is -0.385 e.